The molecule has 1 amide bonds. The van der Waals surface area contributed by atoms with Gasteiger partial charge in [0, 0.05) is 31.2 Å². The number of amides is 1. The van der Waals surface area contributed by atoms with Crippen LogP contribution in [0.2, 0.25) is 5.02 Å². The van der Waals surface area contributed by atoms with Crippen molar-refractivity contribution in [3.63, 3.8) is 0 Å². The summed E-state index contributed by atoms with van der Waals surface area (Å²) < 4.78 is 17.2. The van der Waals surface area contributed by atoms with E-state index in [0.29, 0.717) is 21.8 Å². The van der Waals surface area contributed by atoms with E-state index < -0.39 is 5.82 Å². The quantitative estimate of drug-likeness (QED) is 0.441. The number of rotatable bonds is 5. The van der Waals surface area contributed by atoms with Gasteiger partial charge in [-0.15, -0.1) is 10.2 Å². The molecule has 0 fully saturated rings. The highest BCUT2D eigenvalue weighted by molar-refractivity contribution is 7.99. The summed E-state index contributed by atoms with van der Waals surface area (Å²) in [5, 5.41) is 9.56. The number of nitrogens with zero attached hydrogens (tertiary/aromatic N) is 5. The molecule has 0 aliphatic rings. The number of benzene rings is 2. The Morgan fingerprint density at radius 2 is 1.97 bits per heavy atom. The summed E-state index contributed by atoms with van der Waals surface area (Å²) in [5.74, 6) is -0.212. The molecule has 4 aromatic rings. The SMILES string of the molecule is CN(Cc1c(F)cccc1Cl)C(=O)CSc1nnc2n(C)c(=O)c3ccccc3n12. The van der Waals surface area contributed by atoms with Crippen molar-refractivity contribution >= 4 is 46.0 Å². The minimum absolute atomic E-state index is 0.0584. The fraction of sp³-hybridized carbons (Fsp3) is 0.200. The van der Waals surface area contributed by atoms with Crippen molar-refractivity contribution in [2.45, 2.75) is 11.7 Å². The Morgan fingerprint density at radius 3 is 2.73 bits per heavy atom. The van der Waals surface area contributed by atoms with Crippen LogP contribution in [0, 0.1) is 5.82 Å². The third-order valence-corrected chi connectivity index (χ3v) is 6.07. The third-order valence-electron chi connectivity index (χ3n) is 4.80. The lowest BCUT2D eigenvalue weighted by Crippen LogP contribution is -2.28. The van der Waals surface area contributed by atoms with Gasteiger partial charge in [-0.3, -0.25) is 18.6 Å². The minimum atomic E-state index is -0.453. The summed E-state index contributed by atoms with van der Waals surface area (Å²) in [6.07, 6.45) is 0. The molecule has 0 aliphatic carbocycles. The molecule has 2 heterocycles. The predicted molar refractivity (Wildman–Crippen MR) is 114 cm³/mol. The van der Waals surface area contributed by atoms with Crippen molar-refractivity contribution in [1.82, 2.24) is 24.1 Å². The van der Waals surface area contributed by atoms with Crippen LogP contribution in [0.3, 0.4) is 0 Å². The Balaban J connectivity index is 1.58. The van der Waals surface area contributed by atoms with Crippen LogP contribution in [0.15, 0.2) is 52.4 Å². The average molecular weight is 446 g/mol. The topological polar surface area (TPSA) is 72.5 Å². The number of halogens is 2. The summed E-state index contributed by atoms with van der Waals surface area (Å²) in [7, 11) is 3.22. The van der Waals surface area contributed by atoms with Gasteiger partial charge in [0.05, 0.1) is 16.7 Å². The van der Waals surface area contributed by atoms with Gasteiger partial charge in [0.1, 0.15) is 5.82 Å². The Bertz CT molecular complexity index is 1320. The van der Waals surface area contributed by atoms with E-state index in [1.54, 1.807) is 36.7 Å². The van der Waals surface area contributed by atoms with E-state index in [1.807, 2.05) is 12.1 Å². The first-order valence-electron chi connectivity index (χ1n) is 9.01. The van der Waals surface area contributed by atoms with Crippen molar-refractivity contribution < 1.29 is 9.18 Å². The molecular weight excluding hydrogens is 429 g/mol. The molecule has 0 saturated heterocycles. The summed E-state index contributed by atoms with van der Waals surface area (Å²) >= 11 is 7.25. The van der Waals surface area contributed by atoms with Gasteiger partial charge in [-0.25, -0.2) is 4.39 Å². The summed E-state index contributed by atoms with van der Waals surface area (Å²) in [5.41, 5.74) is 0.774. The average Bonchev–Trinajstić information content (AvgIpc) is 3.17. The molecule has 0 radical (unpaired) electrons. The monoisotopic (exact) mass is 445 g/mol. The number of aromatic nitrogens is 4. The van der Waals surface area contributed by atoms with Crippen molar-refractivity contribution in [3.8, 4) is 0 Å². The van der Waals surface area contributed by atoms with Gasteiger partial charge >= 0.3 is 0 Å². The first-order chi connectivity index (χ1) is 14.4. The predicted octanol–water partition coefficient (Wildman–Crippen LogP) is 3.12. The number of para-hydroxylation sites is 1. The normalized spacial score (nSPS) is 11.3. The van der Waals surface area contributed by atoms with Gasteiger partial charge in [-0.2, -0.15) is 0 Å². The molecule has 0 aliphatic heterocycles. The molecule has 0 bridgehead atoms. The van der Waals surface area contributed by atoms with Gasteiger partial charge in [0.25, 0.3) is 5.56 Å². The first-order valence-corrected chi connectivity index (χ1v) is 10.4. The van der Waals surface area contributed by atoms with Crippen LogP contribution in [0.1, 0.15) is 5.56 Å². The molecule has 7 nitrogen and oxygen atoms in total. The van der Waals surface area contributed by atoms with Crippen LogP contribution < -0.4 is 5.56 Å². The highest BCUT2D eigenvalue weighted by atomic mass is 35.5. The maximum Gasteiger partial charge on any atom is 0.262 e. The Labute approximate surface area is 180 Å². The lowest BCUT2D eigenvalue weighted by molar-refractivity contribution is -0.127. The third kappa shape index (κ3) is 3.54. The second-order valence-corrected chi connectivity index (χ2v) is 8.09. The fourth-order valence-electron chi connectivity index (χ4n) is 3.15. The van der Waals surface area contributed by atoms with Crippen LogP contribution in [0.5, 0.6) is 0 Å². The Kier molecular flexibility index (Phi) is 5.48. The zero-order chi connectivity index (χ0) is 21.4. The smallest absolute Gasteiger partial charge is 0.262 e. The van der Waals surface area contributed by atoms with Gasteiger partial charge in [-0.05, 0) is 24.3 Å². The second kappa shape index (κ2) is 8.08. The molecule has 154 valence electrons. The number of thioether (sulfide) groups is 1. The number of aryl methyl sites for hydroxylation is 1. The van der Waals surface area contributed by atoms with Crippen LogP contribution in [0.25, 0.3) is 16.7 Å². The molecule has 0 unspecified atom stereocenters. The summed E-state index contributed by atoms with van der Waals surface area (Å²) in [4.78, 5) is 26.5. The highest BCUT2D eigenvalue weighted by Gasteiger charge is 2.18. The summed E-state index contributed by atoms with van der Waals surface area (Å²) in [6.45, 7) is 0.0584. The summed E-state index contributed by atoms with van der Waals surface area (Å²) in [6, 6.07) is 11.6. The van der Waals surface area contributed by atoms with Crippen LogP contribution in [-0.2, 0) is 18.4 Å². The lowest BCUT2D eigenvalue weighted by Gasteiger charge is -2.18. The maximum absolute atomic E-state index is 14.0. The fourth-order valence-corrected chi connectivity index (χ4v) is 4.25. The number of carbonyl (C=O) groups is 1. The number of hydrogen-bond acceptors (Lipinski definition) is 5. The van der Waals surface area contributed by atoms with E-state index in [9.17, 15) is 14.0 Å². The van der Waals surface area contributed by atoms with E-state index >= 15 is 0 Å². The second-order valence-electron chi connectivity index (χ2n) is 6.74. The number of fused-ring (bicyclic) bond motifs is 3. The van der Waals surface area contributed by atoms with Crippen molar-refractivity contribution in [3.05, 3.63) is 69.2 Å². The molecule has 30 heavy (non-hydrogen) atoms. The van der Waals surface area contributed by atoms with E-state index in [4.69, 9.17) is 11.6 Å². The number of hydrogen-bond donors (Lipinski definition) is 0. The molecule has 10 heteroatoms. The molecule has 2 aromatic heterocycles. The zero-order valence-electron chi connectivity index (χ0n) is 16.2. The van der Waals surface area contributed by atoms with E-state index in [-0.39, 0.29) is 34.4 Å². The lowest BCUT2D eigenvalue weighted by atomic mass is 10.2. The Hall–Kier alpha value is -2.91. The maximum atomic E-state index is 14.0. The van der Waals surface area contributed by atoms with Crippen molar-refractivity contribution in [2.75, 3.05) is 12.8 Å². The first kappa shape index (κ1) is 20.4. The molecule has 0 N–H and O–H groups in total. The highest BCUT2D eigenvalue weighted by Crippen LogP contribution is 2.23. The van der Waals surface area contributed by atoms with Crippen molar-refractivity contribution in [1.29, 1.82) is 0 Å². The van der Waals surface area contributed by atoms with Crippen LogP contribution in [0.4, 0.5) is 4.39 Å². The molecule has 0 spiro atoms. The molecule has 0 saturated carbocycles. The van der Waals surface area contributed by atoms with E-state index in [1.165, 1.54) is 33.4 Å². The molecule has 2 aromatic carbocycles. The molecule has 4 rings (SSSR count). The Morgan fingerprint density at radius 1 is 1.20 bits per heavy atom. The van der Waals surface area contributed by atoms with Gasteiger partial charge in [0.2, 0.25) is 11.7 Å². The molecule has 0 atom stereocenters. The van der Waals surface area contributed by atoms with Gasteiger partial charge < -0.3 is 4.90 Å². The van der Waals surface area contributed by atoms with Crippen LogP contribution in [-0.4, -0.2) is 42.8 Å². The zero-order valence-corrected chi connectivity index (χ0v) is 17.7. The van der Waals surface area contributed by atoms with Gasteiger partial charge in [-0.1, -0.05) is 41.6 Å². The van der Waals surface area contributed by atoms with Gasteiger partial charge in [0.15, 0.2) is 5.16 Å². The standard InChI is InChI=1S/C20H17ClFN5O2S/c1-25(10-13-14(21)7-5-8-15(13)22)17(28)11-30-20-24-23-19-26(2)18(29)12-6-3-4-9-16(12)27(19)20/h3-9H,10-11H2,1-2H3. The molecular formula is C20H17ClFN5O2S. The van der Waals surface area contributed by atoms with Crippen molar-refractivity contribution in [2.24, 2.45) is 7.05 Å². The minimum Gasteiger partial charge on any atom is -0.341 e. The van der Waals surface area contributed by atoms with E-state index in [2.05, 4.69) is 10.2 Å². The largest absolute Gasteiger partial charge is 0.341 e. The number of carbonyl (C=O) groups excluding carboxylic acids is 1. The van der Waals surface area contributed by atoms with E-state index in [0.717, 1.165) is 0 Å². The van der Waals surface area contributed by atoms with Crippen LogP contribution >= 0.6 is 23.4 Å².